The molecular weight excluding hydrogens is 488 g/mol. The highest BCUT2D eigenvalue weighted by Crippen LogP contribution is 2.31. The molecule has 0 aromatic heterocycles. The normalized spacial score (nSPS) is 23.7. The summed E-state index contributed by atoms with van der Waals surface area (Å²) in [6.07, 6.45) is -0.414. The van der Waals surface area contributed by atoms with Gasteiger partial charge in [0, 0.05) is 7.11 Å². The van der Waals surface area contributed by atoms with Gasteiger partial charge in [-0.1, -0.05) is 91.0 Å². The molecule has 37 heavy (non-hydrogen) atoms. The van der Waals surface area contributed by atoms with Crippen molar-refractivity contribution in [3.8, 4) is 0 Å². The van der Waals surface area contributed by atoms with Gasteiger partial charge in [-0.25, -0.2) is 0 Å². The van der Waals surface area contributed by atoms with Crippen LogP contribution in [0.3, 0.4) is 0 Å². The van der Waals surface area contributed by atoms with Gasteiger partial charge in [0.1, 0.15) is 24.4 Å². The molecule has 1 heterocycles. The summed E-state index contributed by atoms with van der Waals surface area (Å²) in [6, 6.07) is 30.3. The van der Waals surface area contributed by atoms with Crippen molar-refractivity contribution < 1.29 is 28.4 Å². The average Bonchev–Trinajstić information content (AvgIpc) is 2.96. The second kappa shape index (κ2) is 15.2. The van der Waals surface area contributed by atoms with Gasteiger partial charge in [-0.2, -0.15) is 0 Å². The molecule has 0 radical (unpaired) electrons. The van der Waals surface area contributed by atoms with Crippen molar-refractivity contribution in [2.24, 2.45) is 0 Å². The summed E-state index contributed by atoms with van der Waals surface area (Å²) in [5, 5.41) is 0. The number of thioether (sulfide) groups is 1. The molecule has 0 bridgehead atoms. The van der Waals surface area contributed by atoms with E-state index in [9.17, 15) is 0 Å². The average molecular weight is 525 g/mol. The van der Waals surface area contributed by atoms with Gasteiger partial charge in [0.15, 0.2) is 6.29 Å². The van der Waals surface area contributed by atoms with Crippen LogP contribution < -0.4 is 0 Å². The largest absolute Gasteiger partial charge is 0.368 e. The minimum absolute atomic E-state index is 0.358. The molecule has 3 aromatic carbocycles. The molecule has 0 amide bonds. The molecule has 0 saturated carbocycles. The maximum Gasteiger partial charge on any atom is 0.186 e. The third kappa shape index (κ3) is 8.38. The van der Waals surface area contributed by atoms with Gasteiger partial charge in [-0.05, 0) is 22.9 Å². The maximum atomic E-state index is 6.57. The van der Waals surface area contributed by atoms with Crippen molar-refractivity contribution >= 4 is 11.8 Å². The lowest BCUT2D eigenvalue weighted by Crippen LogP contribution is -2.61. The Balaban J connectivity index is 1.58. The van der Waals surface area contributed by atoms with Crippen LogP contribution >= 0.6 is 11.8 Å². The number of benzene rings is 3. The third-order valence-corrected chi connectivity index (χ3v) is 6.56. The molecule has 1 aliphatic heterocycles. The molecule has 6 nitrogen and oxygen atoms in total. The molecule has 0 N–H and O–H groups in total. The minimum atomic E-state index is -0.635. The third-order valence-electron chi connectivity index (χ3n) is 6.16. The molecule has 0 aliphatic carbocycles. The smallest absolute Gasteiger partial charge is 0.186 e. The summed E-state index contributed by atoms with van der Waals surface area (Å²) in [6.45, 7) is 1.59. The van der Waals surface area contributed by atoms with Crippen LogP contribution in [0, 0.1) is 0 Å². The zero-order chi connectivity index (χ0) is 25.7. The van der Waals surface area contributed by atoms with E-state index in [1.807, 2.05) is 97.3 Å². The van der Waals surface area contributed by atoms with E-state index in [1.54, 1.807) is 18.9 Å². The van der Waals surface area contributed by atoms with Crippen LogP contribution in [0.5, 0.6) is 0 Å². The van der Waals surface area contributed by atoms with Crippen molar-refractivity contribution in [1.29, 1.82) is 0 Å². The van der Waals surface area contributed by atoms with E-state index in [0.717, 1.165) is 16.7 Å². The number of ether oxygens (including phenoxy) is 6. The topological polar surface area (TPSA) is 55.4 Å². The van der Waals surface area contributed by atoms with Crippen LogP contribution in [0.25, 0.3) is 0 Å². The molecular formula is C30H36O6S. The second-order valence-corrected chi connectivity index (χ2v) is 9.65. The van der Waals surface area contributed by atoms with Crippen molar-refractivity contribution in [3.63, 3.8) is 0 Å². The quantitative estimate of drug-likeness (QED) is 0.205. The Morgan fingerprint density at radius 1 is 0.649 bits per heavy atom. The van der Waals surface area contributed by atoms with E-state index in [0.29, 0.717) is 32.4 Å². The van der Waals surface area contributed by atoms with Gasteiger partial charge in [-0.15, -0.1) is 11.8 Å². The fourth-order valence-electron chi connectivity index (χ4n) is 4.32. The molecule has 4 rings (SSSR count). The summed E-state index contributed by atoms with van der Waals surface area (Å²) in [4.78, 5) is 0. The summed E-state index contributed by atoms with van der Waals surface area (Å²) < 4.78 is 37.6. The standard InChI is InChI=1S/C30H36O6S/c1-31-30-29(35-20-25-16-10-5-11-17-25)28(34-19-24-14-8-4-9-15-24)27(26(36-30)21-32-22-37-2)33-18-23-12-6-3-7-13-23/h3-17,26-30H,18-22H2,1-2H3/t26-,27-,28+,29-,30+/m1/s1. The first-order valence-corrected chi connectivity index (χ1v) is 13.9. The Morgan fingerprint density at radius 3 is 1.57 bits per heavy atom. The Hall–Kier alpha value is -2.23. The fourth-order valence-corrected chi connectivity index (χ4v) is 4.58. The van der Waals surface area contributed by atoms with Crippen LogP contribution in [-0.4, -0.2) is 56.6 Å². The number of methoxy groups -OCH3 is 1. The monoisotopic (exact) mass is 524 g/mol. The lowest BCUT2D eigenvalue weighted by atomic mass is 9.98. The first-order chi connectivity index (χ1) is 18.3. The highest BCUT2D eigenvalue weighted by Gasteiger charge is 2.48. The van der Waals surface area contributed by atoms with E-state index >= 15 is 0 Å². The van der Waals surface area contributed by atoms with Crippen molar-refractivity contribution in [3.05, 3.63) is 108 Å². The zero-order valence-corrected chi connectivity index (χ0v) is 22.3. The highest BCUT2D eigenvalue weighted by atomic mass is 32.2. The Kier molecular flexibility index (Phi) is 11.5. The summed E-state index contributed by atoms with van der Waals surface area (Å²) in [7, 11) is 1.63. The van der Waals surface area contributed by atoms with E-state index < -0.39 is 30.7 Å². The molecule has 1 saturated heterocycles. The number of hydrogen-bond donors (Lipinski definition) is 0. The highest BCUT2D eigenvalue weighted by molar-refractivity contribution is 7.98. The van der Waals surface area contributed by atoms with Crippen LogP contribution in [0.15, 0.2) is 91.0 Å². The predicted octanol–water partition coefficient (Wildman–Crippen LogP) is 5.45. The lowest BCUT2D eigenvalue weighted by Gasteiger charge is -2.45. The molecule has 5 atom stereocenters. The number of hydrogen-bond acceptors (Lipinski definition) is 7. The van der Waals surface area contributed by atoms with Gasteiger partial charge in [0.2, 0.25) is 0 Å². The van der Waals surface area contributed by atoms with Gasteiger partial charge < -0.3 is 28.4 Å². The molecule has 1 fully saturated rings. The van der Waals surface area contributed by atoms with Crippen molar-refractivity contribution in [2.75, 3.05) is 25.9 Å². The number of rotatable bonds is 14. The van der Waals surface area contributed by atoms with Crippen LogP contribution in [0.2, 0.25) is 0 Å². The van der Waals surface area contributed by atoms with E-state index in [2.05, 4.69) is 0 Å². The minimum Gasteiger partial charge on any atom is -0.368 e. The summed E-state index contributed by atoms with van der Waals surface area (Å²) in [5.74, 6) is 0.562. The summed E-state index contributed by atoms with van der Waals surface area (Å²) in [5.41, 5.74) is 3.21. The van der Waals surface area contributed by atoms with E-state index in [1.165, 1.54) is 0 Å². The molecule has 1 aliphatic rings. The van der Waals surface area contributed by atoms with Gasteiger partial charge in [0.05, 0.1) is 32.4 Å². The van der Waals surface area contributed by atoms with Crippen LogP contribution in [0.4, 0.5) is 0 Å². The molecule has 198 valence electrons. The van der Waals surface area contributed by atoms with Crippen LogP contribution in [-0.2, 0) is 48.2 Å². The van der Waals surface area contributed by atoms with Crippen LogP contribution in [0.1, 0.15) is 16.7 Å². The SMILES string of the molecule is CO[C@H]1O[C@H](COCSC)[C@@H](OCc2ccccc2)[C@H](OCc2ccccc2)[C@H]1OCc1ccccc1. The molecule has 0 spiro atoms. The van der Waals surface area contributed by atoms with Crippen molar-refractivity contribution in [1.82, 2.24) is 0 Å². The van der Waals surface area contributed by atoms with Gasteiger partial charge in [0.25, 0.3) is 0 Å². The Morgan fingerprint density at radius 2 is 1.11 bits per heavy atom. The molecule has 3 aromatic rings. The first kappa shape index (κ1) is 27.8. The fraction of sp³-hybridized carbons (Fsp3) is 0.400. The second-order valence-electron chi connectivity index (χ2n) is 8.84. The van der Waals surface area contributed by atoms with Crippen molar-refractivity contribution in [2.45, 2.75) is 50.5 Å². The van der Waals surface area contributed by atoms with Gasteiger partial charge in [-0.3, -0.25) is 0 Å². The van der Waals surface area contributed by atoms with E-state index in [4.69, 9.17) is 28.4 Å². The molecule has 0 unspecified atom stereocenters. The lowest BCUT2D eigenvalue weighted by molar-refractivity contribution is -0.322. The molecule has 7 heteroatoms. The van der Waals surface area contributed by atoms with E-state index in [-0.39, 0.29) is 0 Å². The Labute approximate surface area is 224 Å². The zero-order valence-electron chi connectivity index (χ0n) is 21.4. The first-order valence-electron chi connectivity index (χ1n) is 12.5. The predicted molar refractivity (Wildman–Crippen MR) is 145 cm³/mol. The van der Waals surface area contributed by atoms with Gasteiger partial charge >= 0.3 is 0 Å². The maximum absolute atomic E-state index is 6.57. The summed E-state index contributed by atoms with van der Waals surface area (Å²) >= 11 is 1.62. The Bertz CT molecular complexity index is 1010.